The Labute approximate surface area is 105 Å². The second kappa shape index (κ2) is 4.05. The second-order valence-corrected chi connectivity index (χ2v) is 5.38. The number of rotatable bonds is 1. The van der Waals surface area contributed by atoms with Crippen LogP contribution in [0.25, 0.3) is 10.9 Å². The van der Waals surface area contributed by atoms with Gasteiger partial charge in [0.15, 0.2) is 0 Å². The number of nitrogens with two attached hydrogens (primary N) is 1. The topological polar surface area (TPSA) is 62.8 Å². The number of hydrogen-bond acceptors (Lipinski definition) is 2. The highest BCUT2D eigenvalue weighted by Gasteiger charge is 2.18. The molecule has 0 fully saturated rings. The average molecular weight is 245 g/mol. The van der Waals surface area contributed by atoms with Crippen LogP contribution < -0.4 is 5.73 Å². The number of benzene rings is 1. The molecule has 0 bridgehead atoms. The first-order valence-electron chi connectivity index (χ1n) is 5.74. The Balaban J connectivity index is 2.83. The summed E-state index contributed by atoms with van der Waals surface area (Å²) in [7, 11) is 0. The molecule has 18 heavy (non-hydrogen) atoms. The van der Waals surface area contributed by atoms with Gasteiger partial charge in [0.05, 0.1) is 5.52 Å². The molecular weight excluding hydrogens is 229 g/mol. The zero-order valence-corrected chi connectivity index (χ0v) is 10.7. The van der Waals surface area contributed by atoms with Gasteiger partial charge in [0.2, 0.25) is 0 Å². The lowest BCUT2D eigenvalue weighted by Crippen LogP contribution is -2.18. The van der Waals surface area contributed by atoms with Crippen molar-refractivity contribution in [2.75, 3.05) is 0 Å². The predicted molar refractivity (Wildman–Crippen MR) is 71.4 cm³/mol. The number of pyridine rings is 1. The second-order valence-electron chi connectivity index (χ2n) is 5.38. The van der Waals surface area contributed by atoms with Crippen molar-refractivity contribution in [1.29, 1.82) is 5.41 Å². The van der Waals surface area contributed by atoms with Crippen molar-refractivity contribution in [3.63, 3.8) is 0 Å². The van der Waals surface area contributed by atoms with E-state index < -0.39 is 0 Å². The lowest BCUT2D eigenvalue weighted by Gasteiger charge is -2.19. The van der Waals surface area contributed by atoms with E-state index in [0.717, 1.165) is 5.69 Å². The Morgan fingerprint density at radius 2 is 1.94 bits per heavy atom. The van der Waals surface area contributed by atoms with E-state index in [1.165, 1.54) is 12.1 Å². The summed E-state index contributed by atoms with van der Waals surface area (Å²) in [5, 5.41) is 8.20. The summed E-state index contributed by atoms with van der Waals surface area (Å²) < 4.78 is 13.3. The highest BCUT2D eigenvalue weighted by molar-refractivity contribution is 6.06. The fraction of sp³-hybridized carbons (Fsp3) is 0.286. The Hall–Kier alpha value is -1.97. The normalized spacial score (nSPS) is 11.8. The summed E-state index contributed by atoms with van der Waals surface area (Å²) in [6.45, 7) is 6.11. The minimum Gasteiger partial charge on any atom is -0.384 e. The molecule has 0 unspecified atom stereocenters. The molecule has 1 heterocycles. The molecule has 0 atom stereocenters. The molecule has 0 saturated heterocycles. The van der Waals surface area contributed by atoms with E-state index in [9.17, 15) is 4.39 Å². The number of aromatic nitrogens is 1. The Kier molecular flexibility index (Phi) is 2.81. The van der Waals surface area contributed by atoms with Gasteiger partial charge in [0.25, 0.3) is 0 Å². The number of halogens is 1. The summed E-state index contributed by atoms with van der Waals surface area (Å²) in [5.74, 6) is -0.422. The molecule has 2 aromatic rings. The molecule has 94 valence electrons. The third-order valence-corrected chi connectivity index (χ3v) is 2.83. The van der Waals surface area contributed by atoms with Crippen LogP contribution in [0.1, 0.15) is 32.0 Å². The molecule has 3 nitrogen and oxygen atoms in total. The Bertz CT molecular complexity index is 627. The van der Waals surface area contributed by atoms with Gasteiger partial charge in [-0.2, -0.15) is 0 Å². The van der Waals surface area contributed by atoms with Crippen molar-refractivity contribution in [2.45, 2.75) is 26.2 Å². The molecule has 0 spiro atoms. The Morgan fingerprint density at radius 1 is 1.28 bits per heavy atom. The summed E-state index contributed by atoms with van der Waals surface area (Å²) in [4.78, 5) is 4.51. The van der Waals surface area contributed by atoms with E-state index >= 15 is 0 Å². The van der Waals surface area contributed by atoms with E-state index in [0.29, 0.717) is 16.5 Å². The first kappa shape index (κ1) is 12.5. The van der Waals surface area contributed by atoms with Crippen molar-refractivity contribution in [3.8, 4) is 0 Å². The smallest absolute Gasteiger partial charge is 0.123 e. The number of amidine groups is 1. The molecule has 0 aliphatic heterocycles. The van der Waals surface area contributed by atoms with Gasteiger partial charge in [0.1, 0.15) is 11.7 Å². The maximum atomic E-state index is 13.3. The zero-order chi connectivity index (χ0) is 13.5. The lowest BCUT2D eigenvalue weighted by molar-refractivity contribution is 0.571. The lowest BCUT2D eigenvalue weighted by atomic mass is 9.89. The van der Waals surface area contributed by atoms with Crippen LogP contribution in [0.15, 0.2) is 24.3 Å². The van der Waals surface area contributed by atoms with Gasteiger partial charge in [-0.15, -0.1) is 0 Å². The Morgan fingerprint density at radius 3 is 2.50 bits per heavy atom. The molecular formula is C14H16FN3. The van der Waals surface area contributed by atoms with E-state index in [2.05, 4.69) is 4.98 Å². The zero-order valence-electron chi connectivity index (χ0n) is 10.7. The van der Waals surface area contributed by atoms with Crippen LogP contribution >= 0.6 is 0 Å². The molecule has 0 saturated carbocycles. The fourth-order valence-electron chi connectivity index (χ4n) is 1.81. The fourth-order valence-corrected chi connectivity index (χ4v) is 1.81. The van der Waals surface area contributed by atoms with Gasteiger partial charge in [0, 0.05) is 22.1 Å². The van der Waals surface area contributed by atoms with Crippen molar-refractivity contribution < 1.29 is 4.39 Å². The van der Waals surface area contributed by atoms with Crippen LogP contribution in [-0.4, -0.2) is 10.8 Å². The minimum atomic E-state index is -0.352. The van der Waals surface area contributed by atoms with E-state index in [1.807, 2.05) is 20.8 Å². The summed E-state index contributed by atoms with van der Waals surface area (Å²) in [5.41, 5.74) is 7.46. The van der Waals surface area contributed by atoms with Crippen LogP contribution in [0.2, 0.25) is 0 Å². The van der Waals surface area contributed by atoms with Crippen molar-refractivity contribution in [1.82, 2.24) is 4.98 Å². The van der Waals surface area contributed by atoms with Gasteiger partial charge in [-0.05, 0) is 24.3 Å². The highest BCUT2D eigenvalue weighted by Crippen LogP contribution is 2.26. The number of nitrogen functional groups attached to an aromatic ring is 1. The molecule has 0 aliphatic rings. The molecule has 0 radical (unpaired) electrons. The summed E-state index contributed by atoms with van der Waals surface area (Å²) >= 11 is 0. The van der Waals surface area contributed by atoms with Gasteiger partial charge in [-0.25, -0.2) is 4.39 Å². The molecule has 4 heteroatoms. The van der Waals surface area contributed by atoms with E-state index in [-0.39, 0.29) is 17.1 Å². The van der Waals surface area contributed by atoms with Crippen molar-refractivity contribution in [2.24, 2.45) is 5.73 Å². The van der Waals surface area contributed by atoms with Crippen LogP contribution in [0.5, 0.6) is 0 Å². The molecule has 3 N–H and O–H groups in total. The van der Waals surface area contributed by atoms with Crippen LogP contribution in [-0.2, 0) is 5.41 Å². The highest BCUT2D eigenvalue weighted by atomic mass is 19.1. The summed E-state index contributed by atoms with van der Waals surface area (Å²) in [6, 6.07) is 6.12. The minimum absolute atomic E-state index is 0.0708. The van der Waals surface area contributed by atoms with Gasteiger partial charge in [-0.3, -0.25) is 10.4 Å². The molecule has 0 amide bonds. The molecule has 1 aromatic heterocycles. The molecule has 1 aromatic carbocycles. The first-order chi connectivity index (χ1) is 8.29. The molecule has 0 aliphatic carbocycles. The number of nitrogens with zero attached hydrogens (tertiary/aromatic N) is 1. The summed E-state index contributed by atoms with van der Waals surface area (Å²) in [6.07, 6.45) is 0. The van der Waals surface area contributed by atoms with E-state index in [1.54, 1.807) is 12.1 Å². The van der Waals surface area contributed by atoms with Crippen molar-refractivity contribution in [3.05, 3.63) is 41.3 Å². The number of nitrogens with one attached hydrogen (secondary N) is 1. The van der Waals surface area contributed by atoms with Gasteiger partial charge in [-0.1, -0.05) is 20.8 Å². The van der Waals surface area contributed by atoms with Gasteiger partial charge >= 0.3 is 0 Å². The average Bonchev–Trinajstić information content (AvgIpc) is 2.25. The van der Waals surface area contributed by atoms with Crippen LogP contribution in [0, 0.1) is 11.2 Å². The maximum absolute atomic E-state index is 13.3. The van der Waals surface area contributed by atoms with Crippen LogP contribution in [0.4, 0.5) is 4.39 Å². The largest absolute Gasteiger partial charge is 0.384 e. The third-order valence-electron chi connectivity index (χ3n) is 2.83. The third kappa shape index (κ3) is 2.18. The SMILES string of the molecule is CC(C)(C)c1cc(C(=N)N)c2cc(F)ccc2n1. The molecule has 2 rings (SSSR count). The van der Waals surface area contributed by atoms with Crippen LogP contribution in [0.3, 0.4) is 0 Å². The van der Waals surface area contributed by atoms with E-state index in [4.69, 9.17) is 11.1 Å². The monoisotopic (exact) mass is 245 g/mol. The standard InChI is InChI=1S/C14H16FN3/c1-14(2,3)12-7-10(13(16)17)9-6-8(15)4-5-11(9)18-12/h4-7H,1-3H3,(H3,16,17). The maximum Gasteiger partial charge on any atom is 0.123 e. The number of hydrogen-bond donors (Lipinski definition) is 2. The number of fused-ring (bicyclic) bond motifs is 1. The first-order valence-corrected chi connectivity index (χ1v) is 5.74. The predicted octanol–water partition coefficient (Wildman–Crippen LogP) is 2.96. The quantitative estimate of drug-likeness (QED) is 0.599. The van der Waals surface area contributed by atoms with Gasteiger partial charge < -0.3 is 5.73 Å². The van der Waals surface area contributed by atoms with Crippen molar-refractivity contribution >= 4 is 16.7 Å².